The Morgan fingerprint density at radius 2 is 2.05 bits per heavy atom. The van der Waals surface area contributed by atoms with Gasteiger partial charge in [-0.25, -0.2) is 5.06 Å². The minimum absolute atomic E-state index is 0.0305. The highest BCUT2D eigenvalue weighted by atomic mass is 16.7. The number of hydrogen-bond acceptors (Lipinski definition) is 4. The monoisotopic (exact) mass is 259 g/mol. The van der Waals surface area contributed by atoms with E-state index < -0.39 is 0 Å². The van der Waals surface area contributed by atoms with Crippen LogP contribution in [0.25, 0.3) is 0 Å². The first-order valence-electron chi connectivity index (χ1n) is 6.39. The van der Waals surface area contributed by atoms with E-state index in [1.54, 1.807) is 18.2 Å². The van der Waals surface area contributed by atoms with Crippen molar-refractivity contribution in [1.82, 2.24) is 5.06 Å². The topological polar surface area (TPSA) is 48.0 Å². The van der Waals surface area contributed by atoms with Crippen molar-refractivity contribution in [3.63, 3.8) is 0 Å². The zero-order valence-electron chi connectivity index (χ0n) is 10.2. The SMILES string of the molecule is O=C(c1ccc2c(c1)OCO2)N1O[C@H]2C=C[C@H]1CC2. The van der Waals surface area contributed by atoms with E-state index in [4.69, 9.17) is 14.3 Å². The fraction of sp³-hybridized carbons (Fsp3) is 0.357. The van der Waals surface area contributed by atoms with Crippen LogP contribution >= 0.6 is 0 Å². The molecule has 2 atom stereocenters. The van der Waals surface area contributed by atoms with Crippen LogP contribution in [-0.4, -0.2) is 29.9 Å². The molecule has 5 rings (SSSR count). The molecule has 1 aromatic carbocycles. The maximum atomic E-state index is 12.5. The van der Waals surface area contributed by atoms with Crippen LogP contribution in [0.4, 0.5) is 0 Å². The molecule has 0 spiro atoms. The molecule has 1 aliphatic carbocycles. The lowest BCUT2D eigenvalue weighted by molar-refractivity contribution is -0.197. The number of benzene rings is 1. The Hall–Kier alpha value is -2.01. The van der Waals surface area contributed by atoms with Crippen molar-refractivity contribution in [2.24, 2.45) is 0 Å². The summed E-state index contributed by atoms with van der Waals surface area (Å²) in [5, 5.41) is 1.48. The predicted octanol–water partition coefficient (Wildman–Crippen LogP) is 1.89. The van der Waals surface area contributed by atoms with Gasteiger partial charge < -0.3 is 9.47 Å². The summed E-state index contributed by atoms with van der Waals surface area (Å²) >= 11 is 0. The van der Waals surface area contributed by atoms with Crippen molar-refractivity contribution in [1.29, 1.82) is 0 Å². The van der Waals surface area contributed by atoms with Gasteiger partial charge in [-0.3, -0.25) is 9.63 Å². The molecule has 5 nitrogen and oxygen atoms in total. The summed E-state index contributed by atoms with van der Waals surface area (Å²) < 4.78 is 10.5. The number of carbonyl (C=O) groups excluding carboxylic acids is 1. The molecular weight excluding hydrogens is 246 g/mol. The number of rotatable bonds is 1. The lowest BCUT2D eigenvalue weighted by atomic mass is 9.98. The van der Waals surface area contributed by atoms with Crippen LogP contribution < -0.4 is 9.47 Å². The molecule has 4 aliphatic rings. The van der Waals surface area contributed by atoms with Gasteiger partial charge in [0.05, 0.1) is 6.04 Å². The van der Waals surface area contributed by atoms with Gasteiger partial charge in [0.2, 0.25) is 6.79 Å². The molecule has 3 aliphatic heterocycles. The summed E-state index contributed by atoms with van der Waals surface area (Å²) in [5.74, 6) is 1.17. The van der Waals surface area contributed by atoms with E-state index in [0.717, 1.165) is 12.8 Å². The molecule has 0 radical (unpaired) electrons. The smallest absolute Gasteiger partial charge is 0.278 e. The number of hydroxylamine groups is 2. The van der Waals surface area contributed by atoms with Crippen molar-refractivity contribution in [3.05, 3.63) is 35.9 Å². The number of fused-ring (bicyclic) bond motifs is 3. The van der Waals surface area contributed by atoms with E-state index in [1.165, 1.54) is 5.06 Å². The van der Waals surface area contributed by atoms with Crippen LogP contribution in [-0.2, 0) is 4.84 Å². The van der Waals surface area contributed by atoms with Crippen LogP contribution in [0.2, 0.25) is 0 Å². The molecule has 98 valence electrons. The van der Waals surface area contributed by atoms with E-state index >= 15 is 0 Å². The fourth-order valence-electron chi connectivity index (χ4n) is 2.64. The largest absolute Gasteiger partial charge is 0.454 e. The van der Waals surface area contributed by atoms with Gasteiger partial charge in [0.15, 0.2) is 11.5 Å². The van der Waals surface area contributed by atoms with Crippen LogP contribution in [0.15, 0.2) is 30.4 Å². The first-order valence-corrected chi connectivity index (χ1v) is 6.39. The summed E-state index contributed by atoms with van der Waals surface area (Å²) in [6.07, 6.45) is 6.03. The molecule has 2 bridgehead atoms. The van der Waals surface area contributed by atoms with Crippen molar-refractivity contribution in [3.8, 4) is 11.5 Å². The van der Waals surface area contributed by atoms with Crippen LogP contribution in [0, 0.1) is 0 Å². The summed E-state index contributed by atoms with van der Waals surface area (Å²) in [7, 11) is 0. The maximum Gasteiger partial charge on any atom is 0.278 e. The number of nitrogens with zero attached hydrogens (tertiary/aromatic N) is 1. The first-order chi connectivity index (χ1) is 9.31. The number of amides is 1. The lowest BCUT2D eigenvalue weighted by Gasteiger charge is -2.40. The van der Waals surface area contributed by atoms with E-state index in [0.29, 0.717) is 17.1 Å². The van der Waals surface area contributed by atoms with Gasteiger partial charge in [0.25, 0.3) is 5.91 Å². The Balaban J connectivity index is 1.62. The third-order valence-electron chi connectivity index (χ3n) is 3.66. The second-order valence-corrected chi connectivity index (χ2v) is 4.87. The zero-order valence-corrected chi connectivity index (χ0v) is 10.2. The Morgan fingerprint density at radius 3 is 2.79 bits per heavy atom. The summed E-state index contributed by atoms with van der Waals surface area (Å²) in [6.45, 7) is 0.209. The highest BCUT2D eigenvalue weighted by Gasteiger charge is 2.35. The Morgan fingerprint density at radius 1 is 1.16 bits per heavy atom. The lowest BCUT2D eigenvalue weighted by Crippen LogP contribution is -2.48. The minimum atomic E-state index is -0.127. The van der Waals surface area contributed by atoms with Gasteiger partial charge in [-0.15, -0.1) is 0 Å². The molecule has 3 heterocycles. The first kappa shape index (κ1) is 10.9. The van der Waals surface area contributed by atoms with E-state index in [-0.39, 0.29) is 24.8 Å². The van der Waals surface area contributed by atoms with Gasteiger partial charge >= 0.3 is 0 Å². The number of ether oxygens (including phenoxy) is 2. The summed E-state index contributed by atoms with van der Waals surface area (Å²) in [4.78, 5) is 18.1. The van der Waals surface area contributed by atoms with Crippen molar-refractivity contribution in [2.75, 3.05) is 6.79 Å². The average molecular weight is 259 g/mol. The zero-order chi connectivity index (χ0) is 12.8. The summed E-state index contributed by atoms with van der Waals surface area (Å²) in [5.41, 5.74) is 0.560. The van der Waals surface area contributed by atoms with E-state index in [2.05, 4.69) is 0 Å². The predicted molar refractivity (Wildman–Crippen MR) is 65.8 cm³/mol. The minimum Gasteiger partial charge on any atom is -0.454 e. The molecular formula is C14H13NO4. The van der Waals surface area contributed by atoms with Crippen molar-refractivity contribution < 1.29 is 19.1 Å². The van der Waals surface area contributed by atoms with Gasteiger partial charge in [0.1, 0.15) is 6.10 Å². The maximum absolute atomic E-state index is 12.5. The third kappa shape index (κ3) is 1.69. The molecule has 5 heteroatoms. The van der Waals surface area contributed by atoms with E-state index in [9.17, 15) is 4.79 Å². The average Bonchev–Trinajstić information content (AvgIpc) is 2.95. The van der Waals surface area contributed by atoms with Gasteiger partial charge in [0, 0.05) is 5.56 Å². The quantitative estimate of drug-likeness (QED) is 0.723. The van der Waals surface area contributed by atoms with Crippen LogP contribution in [0.3, 0.4) is 0 Å². The van der Waals surface area contributed by atoms with Gasteiger partial charge in [-0.05, 0) is 31.0 Å². The third-order valence-corrected chi connectivity index (χ3v) is 3.66. The second-order valence-electron chi connectivity index (χ2n) is 4.87. The van der Waals surface area contributed by atoms with Gasteiger partial charge in [-0.1, -0.05) is 12.2 Å². The standard InChI is InChI=1S/C14H13NO4/c16-14(15-10-2-4-11(19-15)5-3-10)9-1-6-12-13(7-9)18-8-17-12/h1-2,4,6-7,10-11H,3,5,8H2/t10-,11-/m0/s1. The molecule has 1 amide bonds. The molecule has 1 aromatic rings. The number of hydrogen-bond donors (Lipinski definition) is 0. The molecule has 19 heavy (non-hydrogen) atoms. The normalized spacial score (nSPS) is 26.8. The molecule has 1 saturated heterocycles. The van der Waals surface area contributed by atoms with Crippen molar-refractivity contribution >= 4 is 5.91 Å². The number of carbonyl (C=O) groups is 1. The molecule has 0 unspecified atom stereocenters. The van der Waals surface area contributed by atoms with Crippen molar-refractivity contribution in [2.45, 2.75) is 25.0 Å². The Bertz CT molecular complexity index is 569. The Labute approximate surface area is 110 Å². The molecule has 0 N–H and O–H groups in total. The van der Waals surface area contributed by atoms with Crippen LogP contribution in [0.1, 0.15) is 23.2 Å². The van der Waals surface area contributed by atoms with Crippen LogP contribution in [0.5, 0.6) is 11.5 Å². The van der Waals surface area contributed by atoms with E-state index in [1.807, 2.05) is 12.2 Å². The highest BCUT2D eigenvalue weighted by Crippen LogP contribution is 2.34. The van der Waals surface area contributed by atoms with Gasteiger partial charge in [-0.2, -0.15) is 0 Å². The molecule has 0 aromatic heterocycles. The summed E-state index contributed by atoms with van der Waals surface area (Å²) in [6, 6.07) is 5.25. The highest BCUT2D eigenvalue weighted by molar-refractivity contribution is 5.94. The Kier molecular flexibility index (Phi) is 2.29. The fourth-order valence-corrected chi connectivity index (χ4v) is 2.64. The molecule has 0 saturated carbocycles. The second kappa shape index (κ2) is 3.99. The molecule has 1 fully saturated rings.